The third-order valence-electron chi connectivity index (χ3n) is 4.27. The van der Waals surface area contributed by atoms with E-state index in [2.05, 4.69) is 29.5 Å². The summed E-state index contributed by atoms with van der Waals surface area (Å²) in [4.78, 5) is 20.5. The second-order valence-electron chi connectivity index (χ2n) is 5.97. The summed E-state index contributed by atoms with van der Waals surface area (Å²) in [5.41, 5.74) is 1.20. The molecule has 0 aromatic heterocycles. The van der Waals surface area contributed by atoms with Crippen LogP contribution >= 0.6 is 23.4 Å². The Balaban J connectivity index is 2.04. The molecule has 138 valence electrons. The zero-order valence-electron chi connectivity index (χ0n) is 15.2. The van der Waals surface area contributed by atoms with Gasteiger partial charge in [0.25, 0.3) is 0 Å². The smallest absolute Gasteiger partial charge is 0.219 e. The van der Waals surface area contributed by atoms with E-state index in [0.717, 1.165) is 43.7 Å². The molecule has 5 nitrogen and oxygen atoms in total. The first-order valence-corrected chi connectivity index (χ1v) is 10.3. The van der Waals surface area contributed by atoms with Gasteiger partial charge in [0.2, 0.25) is 5.91 Å². The Kier molecular flexibility index (Phi) is 7.90. The van der Waals surface area contributed by atoms with E-state index in [1.54, 1.807) is 18.7 Å². The highest BCUT2D eigenvalue weighted by atomic mass is 35.5. The third-order valence-corrected chi connectivity index (χ3v) is 5.50. The molecule has 1 aliphatic heterocycles. The number of carbonyl (C=O) groups is 1. The summed E-state index contributed by atoms with van der Waals surface area (Å²) in [6.07, 6.45) is 2.10. The number of aliphatic imine (C=N–C) groups is 1. The molecule has 1 aliphatic rings. The Morgan fingerprint density at radius 2 is 2.00 bits per heavy atom. The minimum absolute atomic E-state index is 0.144. The van der Waals surface area contributed by atoms with E-state index in [4.69, 9.17) is 16.6 Å². The number of thioether (sulfide) groups is 1. The van der Waals surface area contributed by atoms with Crippen LogP contribution in [0.3, 0.4) is 0 Å². The van der Waals surface area contributed by atoms with Gasteiger partial charge in [-0.2, -0.15) is 11.8 Å². The van der Waals surface area contributed by atoms with Crippen LogP contribution < -0.4 is 5.32 Å². The number of benzene rings is 1. The summed E-state index contributed by atoms with van der Waals surface area (Å²) in [6, 6.07) is 7.99. The number of halogens is 1. The largest absolute Gasteiger partial charge is 0.357 e. The van der Waals surface area contributed by atoms with Crippen molar-refractivity contribution in [2.24, 2.45) is 4.99 Å². The molecule has 25 heavy (non-hydrogen) atoms. The SMILES string of the molecule is CCNC(=NCC(SC)c1cccc(Cl)c1)N1CCN(C(C)=O)CC1. The second kappa shape index (κ2) is 9.92. The molecule has 1 aromatic rings. The number of amides is 1. The molecule has 1 fully saturated rings. The van der Waals surface area contributed by atoms with E-state index in [1.807, 2.05) is 23.1 Å². The van der Waals surface area contributed by atoms with Crippen molar-refractivity contribution in [1.82, 2.24) is 15.1 Å². The predicted molar refractivity (Wildman–Crippen MR) is 108 cm³/mol. The molecule has 1 heterocycles. The maximum atomic E-state index is 11.5. The normalized spacial score (nSPS) is 16.7. The lowest BCUT2D eigenvalue weighted by Crippen LogP contribution is -2.53. The van der Waals surface area contributed by atoms with E-state index in [-0.39, 0.29) is 11.2 Å². The van der Waals surface area contributed by atoms with Gasteiger partial charge in [0.05, 0.1) is 6.54 Å². The fourth-order valence-electron chi connectivity index (χ4n) is 2.85. The van der Waals surface area contributed by atoms with Crippen LogP contribution in [0.2, 0.25) is 5.02 Å². The first-order chi connectivity index (χ1) is 12.0. The second-order valence-corrected chi connectivity index (χ2v) is 7.44. The van der Waals surface area contributed by atoms with Crippen LogP contribution in [0.1, 0.15) is 24.7 Å². The summed E-state index contributed by atoms with van der Waals surface area (Å²) in [5, 5.41) is 4.40. The van der Waals surface area contributed by atoms with Crippen LogP contribution in [0.15, 0.2) is 29.3 Å². The zero-order valence-corrected chi connectivity index (χ0v) is 16.7. The van der Waals surface area contributed by atoms with E-state index < -0.39 is 0 Å². The van der Waals surface area contributed by atoms with Crippen molar-refractivity contribution in [2.75, 3.05) is 45.5 Å². The molecule has 0 radical (unpaired) electrons. The Hall–Kier alpha value is -1.40. The highest BCUT2D eigenvalue weighted by Crippen LogP contribution is 2.28. The number of hydrogen-bond donors (Lipinski definition) is 1. The molecule has 0 spiro atoms. The maximum absolute atomic E-state index is 11.5. The number of nitrogens with zero attached hydrogens (tertiary/aromatic N) is 3. The van der Waals surface area contributed by atoms with Gasteiger partial charge >= 0.3 is 0 Å². The Labute approximate surface area is 159 Å². The van der Waals surface area contributed by atoms with Gasteiger partial charge in [-0.1, -0.05) is 23.7 Å². The molecule has 1 atom stereocenters. The molecule has 1 saturated heterocycles. The highest BCUT2D eigenvalue weighted by Gasteiger charge is 2.21. The Bertz CT molecular complexity index is 602. The standard InChI is InChI=1S/C18H27ClN4OS/c1-4-20-18(23-10-8-22(9-11-23)14(2)24)21-13-17(25-3)15-6-5-7-16(19)12-15/h5-7,12,17H,4,8-11,13H2,1-3H3,(H,20,21). The first-order valence-electron chi connectivity index (χ1n) is 8.62. The van der Waals surface area contributed by atoms with E-state index in [1.165, 1.54) is 5.56 Å². The number of carbonyl (C=O) groups excluding carboxylic acids is 1. The lowest BCUT2D eigenvalue weighted by Gasteiger charge is -2.36. The van der Waals surface area contributed by atoms with Crippen molar-refractivity contribution in [1.29, 1.82) is 0 Å². The van der Waals surface area contributed by atoms with E-state index in [9.17, 15) is 4.79 Å². The van der Waals surface area contributed by atoms with Crippen molar-refractivity contribution >= 4 is 35.2 Å². The summed E-state index contributed by atoms with van der Waals surface area (Å²) in [7, 11) is 0. The number of hydrogen-bond acceptors (Lipinski definition) is 3. The van der Waals surface area contributed by atoms with Crippen molar-refractivity contribution in [3.05, 3.63) is 34.9 Å². The monoisotopic (exact) mass is 382 g/mol. The van der Waals surface area contributed by atoms with Crippen molar-refractivity contribution in [2.45, 2.75) is 19.1 Å². The van der Waals surface area contributed by atoms with Gasteiger partial charge in [0.1, 0.15) is 0 Å². The number of rotatable bonds is 5. The molecule has 1 unspecified atom stereocenters. The van der Waals surface area contributed by atoms with Crippen LogP contribution in [0.5, 0.6) is 0 Å². The third kappa shape index (κ3) is 5.82. The minimum Gasteiger partial charge on any atom is -0.357 e. The van der Waals surface area contributed by atoms with Gasteiger partial charge < -0.3 is 15.1 Å². The molecule has 2 rings (SSSR count). The molecule has 0 saturated carbocycles. The van der Waals surface area contributed by atoms with Crippen LogP contribution in [0.25, 0.3) is 0 Å². The maximum Gasteiger partial charge on any atom is 0.219 e. The van der Waals surface area contributed by atoms with E-state index >= 15 is 0 Å². The first kappa shape index (κ1) is 19.9. The number of nitrogens with one attached hydrogen (secondary N) is 1. The van der Waals surface area contributed by atoms with Crippen molar-refractivity contribution in [3.63, 3.8) is 0 Å². The molecule has 1 N–H and O–H groups in total. The molecule has 0 aliphatic carbocycles. The van der Waals surface area contributed by atoms with Crippen molar-refractivity contribution < 1.29 is 4.79 Å². The highest BCUT2D eigenvalue weighted by molar-refractivity contribution is 7.98. The molecular weight excluding hydrogens is 356 g/mol. The molecule has 0 bridgehead atoms. The quantitative estimate of drug-likeness (QED) is 0.628. The molecule has 7 heteroatoms. The van der Waals surface area contributed by atoms with Gasteiger partial charge in [-0.05, 0) is 30.9 Å². The number of guanidine groups is 1. The lowest BCUT2D eigenvalue weighted by molar-refractivity contribution is -0.130. The fraction of sp³-hybridized carbons (Fsp3) is 0.556. The fourth-order valence-corrected chi connectivity index (χ4v) is 3.69. The van der Waals surface area contributed by atoms with Crippen LogP contribution in [0, 0.1) is 0 Å². The van der Waals surface area contributed by atoms with Crippen LogP contribution in [-0.2, 0) is 4.79 Å². The minimum atomic E-state index is 0.144. The predicted octanol–water partition coefficient (Wildman–Crippen LogP) is 2.87. The average molecular weight is 383 g/mol. The van der Waals surface area contributed by atoms with Crippen molar-refractivity contribution in [3.8, 4) is 0 Å². The molecular formula is C18H27ClN4OS. The average Bonchev–Trinajstić information content (AvgIpc) is 2.61. The Morgan fingerprint density at radius 1 is 1.32 bits per heavy atom. The molecule has 1 amide bonds. The molecule has 1 aromatic carbocycles. The van der Waals surface area contributed by atoms with Crippen LogP contribution in [0.4, 0.5) is 0 Å². The van der Waals surface area contributed by atoms with E-state index in [0.29, 0.717) is 6.54 Å². The zero-order chi connectivity index (χ0) is 18.2. The van der Waals surface area contributed by atoms with Gasteiger partial charge in [0.15, 0.2) is 5.96 Å². The van der Waals surface area contributed by atoms with Gasteiger partial charge in [0, 0.05) is 49.9 Å². The van der Waals surface area contributed by atoms with Gasteiger partial charge in [-0.3, -0.25) is 9.79 Å². The van der Waals surface area contributed by atoms with Gasteiger partial charge in [-0.15, -0.1) is 0 Å². The summed E-state index contributed by atoms with van der Waals surface area (Å²) >= 11 is 7.90. The number of piperazine rings is 1. The summed E-state index contributed by atoms with van der Waals surface area (Å²) in [5.74, 6) is 1.07. The summed E-state index contributed by atoms with van der Waals surface area (Å²) < 4.78 is 0. The summed E-state index contributed by atoms with van der Waals surface area (Å²) in [6.45, 7) is 8.34. The topological polar surface area (TPSA) is 47.9 Å². The Morgan fingerprint density at radius 3 is 2.56 bits per heavy atom. The van der Waals surface area contributed by atoms with Gasteiger partial charge in [-0.25, -0.2) is 0 Å². The lowest BCUT2D eigenvalue weighted by atomic mass is 10.1. The van der Waals surface area contributed by atoms with Crippen LogP contribution in [-0.4, -0.2) is 67.2 Å².